The predicted molar refractivity (Wildman–Crippen MR) is 98.8 cm³/mol. The van der Waals surface area contributed by atoms with Crippen LogP contribution in [0.5, 0.6) is 0 Å². The average Bonchev–Trinajstić information content (AvgIpc) is 3.14. The van der Waals surface area contributed by atoms with Gasteiger partial charge < -0.3 is 4.90 Å². The van der Waals surface area contributed by atoms with Gasteiger partial charge in [0.05, 0.1) is 11.0 Å². The smallest absolute Gasteiger partial charge is 0.312 e. The lowest BCUT2D eigenvalue weighted by Crippen LogP contribution is -2.47. The summed E-state index contributed by atoms with van der Waals surface area (Å²) in [4.78, 5) is 18.8. The van der Waals surface area contributed by atoms with E-state index < -0.39 is 25.5 Å². The number of para-hydroxylation sites is 1. The van der Waals surface area contributed by atoms with Gasteiger partial charge in [0.2, 0.25) is 10.0 Å². The number of anilines is 1. The number of primary sulfonamides is 1. The molecule has 9 nitrogen and oxygen atoms in total. The lowest BCUT2D eigenvalue weighted by atomic mass is 10.2. The summed E-state index contributed by atoms with van der Waals surface area (Å²) in [7, 11) is -4.18. The van der Waals surface area contributed by atoms with E-state index in [1.807, 2.05) is 10.3 Å². The van der Waals surface area contributed by atoms with Crippen molar-refractivity contribution in [2.75, 3.05) is 31.1 Å². The molecule has 1 fully saturated rings. The topological polar surface area (TPSA) is 123 Å². The molecule has 2 aromatic rings. The zero-order valence-electron chi connectivity index (χ0n) is 14.1. The van der Waals surface area contributed by atoms with Crippen LogP contribution in [0.1, 0.15) is 18.0 Å². The van der Waals surface area contributed by atoms with Crippen molar-refractivity contribution < 1.29 is 13.3 Å². The van der Waals surface area contributed by atoms with Crippen molar-refractivity contribution in [1.29, 1.82) is 0 Å². The molecular weight excluding hydrogens is 378 g/mol. The number of nitro groups is 1. The number of piperazine rings is 1. The van der Waals surface area contributed by atoms with Gasteiger partial charge in [0, 0.05) is 37.8 Å². The molecule has 1 saturated heterocycles. The van der Waals surface area contributed by atoms with Gasteiger partial charge in [-0.25, -0.2) is 18.5 Å². The Morgan fingerprint density at radius 2 is 2.00 bits per heavy atom. The molecule has 1 unspecified atom stereocenters. The first-order chi connectivity index (χ1) is 12.3. The van der Waals surface area contributed by atoms with E-state index in [1.54, 1.807) is 23.6 Å². The molecule has 2 N–H and O–H groups in total. The summed E-state index contributed by atoms with van der Waals surface area (Å²) in [5.41, 5.74) is -0.181. The first-order valence-corrected chi connectivity index (χ1v) is 10.4. The number of thiazole rings is 1. The molecule has 1 atom stereocenters. The molecule has 140 valence electrons. The van der Waals surface area contributed by atoms with Gasteiger partial charge in [-0.1, -0.05) is 6.07 Å². The average molecular weight is 397 g/mol. The second-order valence-corrected chi connectivity index (χ2v) is 8.45. The second kappa shape index (κ2) is 7.27. The summed E-state index contributed by atoms with van der Waals surface area (Å²) in [5, 5.41) is 19.6. The largest absolute Gasteiger partial charge is 0.363 e. The molecule has 0 bridgehead atoms. The van der Waals surface area contributed by atoms with Gasteiger partial charge in [0.1, 0.15) is 10.7 Å². The Bertz CT molecular complexity index is 893. The van der Waals surface area contributed by atoms with Crippen molar-refractivity contribution in [2.45, 2.75) is 17.9 Å². The molecule has 0 radical (unpaired) electrons. The third kappa shape index (κ3) is 3.70. The summed E-state index contributed by atoms with van der Waals surface area (Å²) in [5.74, 6) is 0. The van der Waals surface area contributed by atoms with Crippen LogP contribution in [0.2, 0.25) is 0 Å². The van der Waals surface area contributed by atoms with Crippen molar-refractivity contribution in [1.82, 2.24) is 9.88 Å². The molecule has 1 aliphatic rings. The summed E-state index contributed by atoms with van der Waals surface area (Å²) in [6, 6.07) is 4.37. The summed E-state index contributed by atoms with van der Waals surface area (Å²) >= 11 is 1.60. The van der Waals surface area contributed by atoms with E-state index in [0.717, 1.165) is 11.1 Å². The standard InChI is InChI=1S/C15H19N5O4S2/c1-11(15-17-5-10-25-15)18-6-8-19(9-7-18)12-3-2-4-13(26(16,23)24)14(12)20(21)22/h2-5,10-11H,6-9H2,1H3,(H2,16,23,24). The third-order valence-electron chi connectivity index (χ3n) is 4.48. The van der Waals surface area contributed by atoms with Crippen molar-refractivity contribution >= 4 is 32.7 Å². The molecule has 0 spiro atoms. The minimum Gasteiger partial charge on any atom is -0.363 e. The van der Waals surface area contributed by atoms with E-state index in [-0.39, 0.29) is 11.7 Å². The molecule has 1 aliphatic heterocycles. The highest BCUT2D eigenvalue weighted by atomic mass is 32.2. The van der Waals surface area contributed by atoms with Gasteiger partial charge in [-0.05, 0) is 19.1 Å². The molecule has 1 aromatic carbocycles. The first-order valence-electron chi connectivity index (χ1n) is 7.97. The number of nitrogens with two attached hydrogens (primary N) is 1. The molecule has 1 aromatic heterocycles. The fourth-order valence-electron chi connectivity index (χ4n) is 3.13. The van der Waals surface area contributed by atoms with Gasteiger partial charge >= 0.3 is 5.69 Å². The Labute approximate surface area is 155 Å². The first kappa shape index (κ1) is 18.7. The van der Waals surface area contributed by atoms with Crippen LogP contribution in [0, 0.1) is 10.1 Å². The zero-order chi connectivity index (χ0) is 18.9. The molecule has 11 heteroatoms. The van der Waals surface area contributed by atoms with Crippen LogP contribution in [0.3, 0.4) is 0 Å². The number of rotatable bonds is 5. The minimum absolute atomic E-state index is 0.169. The second-order valence-electron chi connectivity index (χ2n) is 6.00. The lowest BCUT2D eigenvalue weighted by molar-refractivity contribution is -0.387. The summed E-state index contributed by atoms with van der Waals surface area (Å²) in [6.45, 7) is 4.56. The van der Waals surface area contributed by atoms with Gasteiger partial charge in [0.15, 0.2) is 4.90 Å². The Balaban J connectivity index is 1.83. The number of hydrogen-bond acceptors (Lipinski definition) is 8. The zero-order valence-corrected chi connectivity index (χ0v) is 15.7. The number of hydrogen-bond donors (Lipinski definition) is 1. The number of nitrogens with zero attached hydrogens (tertiary/aromatic N) is 4. The fraction of sp³-hybridized carbons (Fsp3) is 0.400. The van der Waals surface area contributed by atoms with Crippen LogP contribution in [0.15, 0.2) is 34.7 Å². The lowest BCUT2D eigenvalue weighted by Gasteiger charge is -2.38. The normalized spacial score (nSPS) is 17.2. The van der Waals surface area contributed by atoms with E-state index in [9.17, 15) is 18.5 Å². The number of benzene rings is 1. The van der Waals surface area contributed by atoms with Crippen LogP contribution < -0.4 is 10.0 Å². The Morgan fingerprint density at radius 1 is 1.31 bits per heavy atom. The predicted octanol–water partition coefficient (Wildman–Crippen LogP) is 1.58. The monoisotopic (exact) mass is 397 g/mol. The van der Waals surface area contributed by atoms with Gasteiger partial charge in [-0.15, -0.1) is 11.3 Å². The van der Waals surface area contributed by atoms with Crippen LogP contribution in [-0.2, 0) is 10.0 Å². The highest BCUT2D eigenvalue weighted by Crippen LogP contribution is 2.35. The van der Waals surface area contributed by atoms with Crippen molar-refractivity contribution in [3.8, 4) is 0 Å². The minimum atomic E-state index is -4.18. The van der Waals surface area contributed by atoms with E-state index in [1.165, 1.54) is 6.07 Å². The maximum atomic E-state index is 11.7. The van der Waals surface area contributed by atoms with E-state index in [0.29, 0.717) is 26.2 Å². The molecule has 0 aliphatic carbocycles. The maximum absolute atomic E-state index is 11.7. The third-order valence-corrected chi connectivity index (χ3v) is 6.37. The van der Waals surface area contributed by atoms with E-state index in [2.05, 4.69) is 16.8 Å². The Hall–Kier alpha value is -2.08. The number of nitro benzene ring substituents is 1. The molecule has 26 heavy (non-hydrogen) atoms. The van der Waals surface area contributed by atoms with Crippen LogP contribution in [0.4, 0.5) is 11.4 Å². The highest BCUT2D eigenvalue weighted by Gasteiger charge is 2.31. The quantitative estimate of drug-likeness (QED) is 0.600. The van der Waals surface area contributed by atoms with E-state index in [4.69, 9.17) is 5.14 Å². The van der Waals surface area contributed by atoms with Crippen molar-refractivity contribution in [3.63, 3.8) is 0 Å². The number of aromatic nitrogens is 1. The Kier molecular flexibility index (Phi) is 5.23. The highest BCUT2D eigenvalue weighted by molar-refractivity contribution is 7.89. The maximum Gasteiger partial charge on any atom is 0.312 e. The van der Waals surface area contributed by atoms with Crippen molar-refractivity contribution in [3.05, 3.63) is 44.9 Å². The van der Waals surface area contributed by atoms with Gasteiger partial charge in [-0.2, -0.15) is 0 Å². The van der Waals surface area contributed by atoms with Gasteiger partial charge in [-0.3, -0.25) is 15.0 Å². The van der Waals surface area contributed by atoms with Crippen LogP contribution in [0.25, 0.3) is 0 Å². The Morgan fingerprint density at radius 3 is 2.54 bits per heavy atom. The van der Waals surface area contributed by atoms with Crippen LogP contribution in [-0.4, -0.2) is 49.4 Å². The molecule has 3 rings (SSSR count). The van der Waals surface area contributed by atoms with Gasteiger partial charge in [0.25, 0.3) is 0 Å². The molecule has 2 heterocycles. The summed E-state index contributed by atoms with van der Waals surface area (Å²) in [6.07, 6.45) is 1.77. The number of sulfonamides is 1. The summed E-state index contributed by atoms with van der Waals surface area (Å²) < 4.78 is 23.4. The SMILES string of the molecule is CC(c1nccs1)N1CCN(c2cccc(S(N)(=O)=O)c2[N+](=O)[O-])CC1. The van der Waals surface area contributed by atoms with Crippen LogP contribution >= 0.6 is 11.3 Å². The van der Waals surface area contributed by atoms with Crippen molar-refractivity contribution in [2.24, 2.45) is 5.14 Å². The fourth-order valence-corrected chi connectivity index (χ4v) is 4.57. The van der Waals surface area contributed by atoms with E-state index >= 15 is 0 Å². The molecule has 0 saturated carbocycles. The molecule has 0 amide bonds. The molecular formula is C15H19N5O4S2.